The first-order valence-electron chi connectivity index (χ1n) is 5.77. The fourth-order valence-corrected chi connectivity index (χ4v) is 2.84. The smallest absolute Gasteiger partial charge is 0.423 e. The highest BCUT2D eigenvalue weighted by molar-refractivity contribution is 8.14. The van der Waals surface area contributed by atoms with Crippen molar-refractivity contribution in [2.75, 3.05) is 11.4 Å². The van der Waals surface area contributed by atoms with Gasteiger partial charge in [-0.2, -0.15) is 0 Å². The minimum absolute atomic E-state index is 0.00800. The third-order valence-electron chi connectivity index (χ3n) is 2.77. The Morgan fingerprint density at radius 2 is 2.26 bits per heavy atom. The molecule has 0 radical (unpaired) electrons. The van der Waals surface area contributed by atoms with E-state index < -0.39 is 7.12 Å². The summed E-state index contributed by atoms with van der Waals surface area (Å²) in [5, 5.41) is 17.9. The number of pyridine rings is 1. The molecule has 1 atom stereocenters. The van der Waals surface area contributed by atoms with Gasteiger partial charge in [0.05, 0.1) is 0 Å². The highest BCUT2D eigenvalue weighted by Gasteiger charge is 2.32. The van der Waals surface area contributed by atoms with Crippen molar-refractivity contribution in [3.63, 3.8) is 0 Å². The zero-order valence-electron chi connectivity index (χ0n) is 10.3. The highest BCUT2D eigenvalue weighted by Crippen LogP contribution is 2.27. The summed E-state index contributed by atoms with van der Waals surface area (Å²) < 4.78 is 0. The molecule has 2 N–H and O–H groups in total. The van der Waals surface area contributed by atoms with E-state index in [1.165, 1.54) is 24.1 Å². The second-order valence-corrected chi connectivity index (χ2v) is 5.74. The molecule has 1 aliphatic rings. The van der Waals surface area contributed by atoms with Gasteiger partial charge >= 0.3 is 7.12 Å². The maximum atomic E-state index is 11.8. The second-order valence-electron chi connectivity index (χ2n) is 4.26. The van der Waals surface area contributed by atoms with Gasteiger partial charge in [0.2, 0.25) is 5.91 Å². The van der Waals surface area contributed by atoms with Crippen LogP contribution in [0.5, 0.6) is 0 Å². The van der Waals surface area contributed by atoms with Gasteiger partial charge in [-0.15, -0.1) is 0 Å². The molecule has 1 amide bonds. The minimum atomic E-state index is -1.57. The molecule has 0 aromatic carbocycles. The average molecular weight is 280 g/mol. The van der Waals surface area contributed by atoms with Crippen LogP contribution in [0.3, 0.4) is 0 Å². The molecule has 8 heteroatoms. The van der Waals surface area contributed by atoms with Crippen molar-refractivity contribution in [2.24, 2.45) is 0 Å². The van der Waals surface area contributed by atoms with Crippen molar-refractivity contribution in [1.29, 1.82) is 0 Å². The molecule has 0 saturated carbocycles. The van der Waals surface area contributed by atoms with E-state index in [2.05, 4.69) is 4.98 Å². The van der Waals surface area contributed by atoms with Crippen LogP contribution in [0.1, 0.15) is 13.3 Å². The lowest BCUT2D eigenvalue weighted by Gasteiger charge is -2.15. The van der Waals surface area contributed by atoms with Crippen molar-refractivity contribution >= 4 is 41.2 Å². The van der Waals surface area contributed by atoms with Crippen LogP contribution in [0.15, 0.2) is 18.3 Å². The number of aromatic nitrogens is 1. The van der Waals surface area contributed by atoms with Crippen LogP contribution in [-0.2, 0) is 9.59 Å². The van der Waals surface area contributed by atoms with Crippen molar-refractivity contribution in [3.05, 3.63) is 18.3 Å². The Hall–Kier alpha value is -1.38. The number of rotatable bonds is 3. The predicted octanol–water partition coefficient (Wildman–Crippen LogP) is -0.854. The third-order valence-corrected chi connectivity index (χ3v) is 3.75. The summed E-state index contributed by atoms with van der Waals surface area (Å²) in [4.78, 5) is 28.4. The van der Waals surface area contributed by atoms with Gasteiger partial charge in [0.1, 0.15) is 5.82 Å². The van der Waals surface area contributed by atoms with Crippen molar-refractivity contribution < 1.29 is 19.6 Å². The first-order valence-corrected chi connectivity index (χ1v) is 6.65. The van der Waals surface area contributed by atoms with Crippen LogP contribution in [0.25, 0.3) is 0 Å². The normalized spacial score (nSPS) is 18.8. The van der Waals surface area contributed by atoms with Gasteiger partial charge in [-0.1, -0.05) is 17.8 Å². The molecular weight excluding hydrogens is 267 g/mol. The number of hydrogen-bond donors (Lipinski definition) is 2. The lowest BCUT2D eigenvalue weighted by Crippen LogP contribution is -2.31. The Morgan fingerprint density at radius 3 is 2.79 bits per heavy atom. The fraction of sp³-hybridized carbons (Fsp3) is 0.364. The third kappa shape index (κ3) is 3.34. The van der Waals surface area contributed by atoms with Gasteiger partial charge in [0, 0.05) is 36.8 Å². The first-order chi connectivity index (χ1) is 8.97. The molecule has 1 aromatic rings. The summed E-state index contributed by atoms with van der Waals surface area (Å²) in [6, 6.07) is 3.07. The topological polar surface area (TPSA) is 90.7 Å². The lowest BCUT2D eigenvalue weighted by molar-refractivity contribution is -0.117. The summed E-state index contributed by atoms with van der Waals surface area (Å²) in [6.45, 7) is 1.92. The molecule has 2 rings (SSSR count). The Bertz CT molecular complexity index is 494. The monoisotopic (exact) mass is 280 g/mol. The van der Waals surface area contributed by atoms with Gasteiger partial charge in [-0.3, -0.25) is 14.5 Å². The zero-order chi connectivity index (χ0) is 14.0. The van der Waals surface area contributed by atoms with Crippen LogP contribution < -0.4 is 10.4 Å². The van der Waals surface area contributed by atoms with E-state index in [0.29, 0.717) is 18.8 Å². The Labute approximate surface area is 115 Å². The molecule has 6 nitrogen and oxygen atoms in total. The number of amides is 1. The van der Waals surface area contributed by atoms with E-state index in [0.717, 1.165) is 11.8 Å². The van der Waals surface area contributed by atoms with E-state index in [1.54, 1.807) is 6.07 Å². The molecule has 1 unspecified atom stereocenters. The van der Waals surface area contributed by atoms with E-state index in [1.807, 2.05) is 0 Å². The van der Waals surface area contributed by atoms with Crippen molar-refractivity contribution in [3.8, 4) is 0 Å². The Morgan fingerprint density at radius 1 is 1.53 bits per heavy atom. The maximum absolute atomic E-state index is 11.8. The van der Waals surface area contributed by atoms with Gasteiger partial charge in [0.25, 0.3) is 0 Å². The lowest BCUT2D eigenvalue weighted by atomic mass is 9.82. The number of nitrogens with zero attached hydrogens (tertiary/aromatic N) is 2. The quantitative estimate of drug-likeness (QED) is 0.701. The van der Waals surface area contributed by atoms with Crippen LogP contribution in [0, 0.1) is 0 Å². The molecule has 1 fully saturated rings. The van der Waals surface area contributed by atoms with Crippen LogP contribution in [0.2, 0.25) is 0 Å². The van der Waals surface area contributed by atoms with Gasteiger partial charge in [0.15, 0.2) is 5.12 Å². The largest absolute Gasteiger partial charge is 0.490 e. The molecule has 1 aliphatic heterocycles. The highest BCUT2D eigenvalue weighted by atomic mass is 32.2. The molecular formula is C11H13BN2O4S. The molecule has 0 spiro atoms. The van der Waals surface area contributed by atoms with Gasteiger partial charge < -0.3 is 10.0 Å². The maximum Gasteiger partial charge on any atom is 0.490 e. The zero-order valence-corrected chi connectivity index (χ0v) is 11.1. The first kappa shape index (κ1) is 14.0. The van der Waals surface area contributed by atoms with E-state index >= 15 is 0 Å². The number of hydrogen-bond acceptors (Lipinski definition) is 6. The minimum Gasteiger partial charge on any atom is -0.423 e. The predicted molar refractivity (Wildman–Crippen MR) is 73.1 cm³/mol. The molecule has 1 saturated heterocycles. The molecule has 2 heterocycles. The average Bonchev–Trinajstić information content (AvgIpc) is 2.69. The summed E-state index contributed by atoms with van der Waals surface area (Å²) in [6.07, 6.45) is 1.63. The fourth-order valence-electron chi connectivity index (χ4n) is 1.92. The van der Waals surface area contributed by atoms with E-state index in [-0.39, 0.29) is 21.7 Å². The molecule has 0 aliphatic carbocycles. The number of thioether (sulfide) groups is 1. The van der Waals surface area contributed by atoms with Gasteiger partial charge in [-0.25, -0.2) is 4.98 Å². The van der Waals surface area contributed by atoms with Gasteiger partial charge in [-0.05, 0) is 6.07 Å². The van der Waals surface area contributed by atoms with Crippen LogP contribution >= 0.6 is 11.8 Å². The second kappa shape index (κ2) is 5.73. The number of carbonyl (C=O) groups excluding carboxylic acids is 2. The SMILES string of the molecule is CC(=O)SC1CC(=O)N(c2ccc(B(O)O)cn2)C1. The summed E-state index contributed by atoms with van der Waals surface area (Å²) in [7, 11) is -1.57. The molecule has 100 valence electrons. The number of anilines is 1. The Kier molecular flexibility index (Phi) is 4.23. The van der Waals surface area contributed by atoms with E-state index in [9.17, 15) is 9.59 Å². The Balaban J connectivity index is 2.09. The van der Waals surface area contributed by atoms with Crippen molar-refractivity contribution in [1.82, 2.24) is 4.98 Å². The molecule has 1 aromatic heterocycles. The van der Waals surface area contributed by atoms with Crippen molar-refractivity contribution in [2.45, 2.75) is 18.6 Å². The standard InChI is InChI=1S/C11H13BN2O4S/c1-7(15)19-9-4-11(16)14(6-9)10-3-2-8(5-13-10)12(17)18/h2-3,5,9,17-18H,4,6H2,1H3. The number of carbonyl (C=O) groups is 2. The molecule has 19 heavy (non-hydrogen) atoms. The van der Waals surface area contributed by atoms with E-state index in [4.69, 9.17) is 10.0 Å². The summed E-state index contributed by atoms with van der Waals surface area (Å²) in [5.41, 5.74) is 0.269. The van der Waals surface area contributed by atoms with Crippen LogP contribution in [-0.4, -0.2) is 45.0 Å². The van der Waals surface area contributed by atoms with Crippen LogP contribution in [0.4, 0.5) is 5.82 Å². The summed E-state index contributed by atoms with van der Waals surface area (Å²) in [5.74, 6) is 0.379. The molecule has 0 bridgehead atoms. The summed E-state index contributed by atoms with van der Waals surface area (Å²) >= 11 is 1.16.